The first-order valence-electron chi connectivity index (χ1n) is 0.698. The summed E-state index contributed by atoms with van der Waals surface area (Å²) in [6.07, 6.45) is 0. The van der Waals surface area contributed by atoms with E-state index in [1.165, 1.54) is 0 Å². The van der Waals surface area contributed by atoms with E-state index in [4.69, 9.17) is 17.5 Å². The molecule has 0 unspecified atom stereocenters. The number of hydrogen-bond acceptors (Lipinski definition) is 2. The zero-order valence-electron chi connectivity index (χ0n) is 4.53. The quantitative estimate of drug-likeness (QED) is 0.277. The third kappa shape index (κ3) is 267. The van der Waals surface area contributed by atoms with Gasteiger partial charge in [0.05, 0.1) is 0 Å². The van der Waals surface area contributed by atoms with Crippen LogP contribution in [-0.2, 0) is 10.4 Å². The second-order valence-corrected chi connectivity index (χ2v) is 1.34. The summed E-state index contributed by atoms with van der Waals surface area (Å²) in [7, 11) is -4.67. The molecule has 7 heavy (non-hydrogen) atoms. The SMILES string of the molecule is Cl.O=S(=O)(O)O.[H-].[Li+]. The van der Waals surface area contributed by atoms with Crippen molar-refractivity contribution in [2.75, 3.05) is 0 Å². The fourth-order valence-electron chi connectivity index (χ4n) is 0. The molecule has 0 aliphatic heterocycles. The largest absolute Gasteiger partial charge is 1.00 e. The summed E-state index contributed by atoms with van der Waals surface area (Å²) in [5, 5.41) is 0. The number of rotatable bonds is 0. The summed E-state index contributed by atoms with van der Waals surface area (Å²) in [5.74, 6) is 0. The van der Waals surface area contributed by atoms with Crippen molar-refractivity contribution in [1.82, 2.24) is 0 Å². The first-order valence-corrected chi connectivity index (χ1v) is 2.10. The second kappa shape index (κ2) is 4.91. The van der Waals surface area contributed by atoms with Crippen LogP contribution in [0.2, 0.25) is 0 Å². The van der Waals surface area contributed by atoms with Gasteiger partial charge in [-0.1, -0.05) is 0 Å². The van der Waals surface area contributed by atoms with Crippen LogP contribution < -0.4 is 18.9 Å². The Morgan fingerprint density at radius 1 is 1.29 bits per heavy atom. The summed E-state index contributed by atoms with van der Waals surface area (Å²) in [4.78, 5) is 0. The summed E-state index contributed by atoms with van der Waals surface area (Å²) in [6, 6.07) is 0. The molecule has 0 radical (unpaired) electrons. The Morgan fingerprint density at radius 2 is 1.29 bits per heavy atom. The maximum Gasteiger partial charge on any atom is 1.00 e. The molecule has 0 aliphatic rings. The van der Waals surface area contributed by atoms with Crippen LogP contribution in [0.4, 0.5) is 0 Å². The van der Waals surface area contributed by atoms with Gasteiger partial charge in [-0.05, 0) is 0 Å². The predicted octanol–water partition coefficient (Wildman–Crippen LogP) is -3.11. The smallest absolute Gasteiger partial charge is 1.00 e. The number of hydrogen-bond donors (Lipinski definition) is 2. The van der Waals surface area contributed by atoms with Crippen molar-refractivity contribution in [3.63, 3.8) is 0 Å². The fourth-order valence-corrected chi connectivity index (χ4v) is 0. The minimum Gasteiger partial charge on any atom is -1.00 e. The standard InChI is InChI=1S/ClH.Li.H2O4S.H/c;;1-5(2,3)4;/h1H;;(H2,1,2,3,4);/q;+1;;-1. The average molecular weight is 142 g/mol. The summed E-state index contributed by atoms with van der Waals surface area (Å²) in [5.41, 5.74) is 0. The molecule has 0 fully saturated rings. The van der Waals surface area contributed by atoms with Gasteiger partial charge in [-0.25, -0.2) is 0 Å². The molecule has 0 aromatic heterocycles. The molecule has 0 rings (SSSR count). The van der Waals surface area contributed by atoms with Crippen LogP contribution in [0.1, 0.15) is 1.43 Å². The van der Waals surface area contributed by atoms with Crippen LogP contribution in [0.5, 0.6) is 0 Å². The molecule has 0 atom stereocenters. The van der Waals surface area contributed by atoms with E-state index < -0.39 is 10.4 Å². The van der Waals surface area contributed by atoms with Crippen LogP contribution in [0, 0.1) is 0 Å². The van der Waals surface area contributed by atoms with Gasteiger partial charge in [0.1, 0.15) is 0 Å². The molecular formula is H4ClLiO4S. The van der Waals surface area contributed by atoms with Crippen molar-refractivity contribution >= 4 is 22.8 Å². The molecule has 4 nitrogen and oxygen atoms in total. The summed E-state index contributed by atoms with van der Waals surface area (Å²) < 4.78 is 31.6. The van der Waals surface area contributed by atoms with Gasteiger partial charge in [0.25, 0.3) is 0 Å². The van der Waals surface area contributed by atoms with Gasteiger partial charge in [-0.2, -0.15) is 8.42 Å². The van der Waals surface area contributed by atoms with E-state index >= 15 is 0 Å². The van der Waals surface area contributed by atoms with Gasteiger partial charge < -0.3 is 1.43 Å². The molecule has 2 N–H and O–H groups in total. The van der Waals surface area contributed by atoms with Gasteiger partial charge in [-0.3, -0.25) is 9.11 Å². The van der Waals surface area contributed by atoms with Crippen LogP contribution in [-0.4, -0.2) is 17.5 Å². The molecule has 0 saturated heterocycles. The van der Waals surface area contributed by atoms with Crippen molar-refractivity contribution in [3.8, 4) is 0 Å². The van der Waals surface area contributed by atoms with E-state index in [2.05, 4.69) is 0 Å². The molecule has 0 bridgehead atoms. The van der Waals surface area contributed by atoms with E-state index in [1.54, 1.807) is 0 Å². The van der Waals surface area contributed by atoms with E-state index in [-0.39, 0.29) is 32.7 Å². The minimum atomic E-state index is -4.67. The topological polar surface area (TPSA) is 74.6 Å². The van der Waals surface area contributed by atoms with Crippen LogP contribution in [0.3, 0.4) is 0 Å². The van der Waals surface area contributed by atoms with Gasteiger partial charge in [0, 0.05) is 0 Å². The summed E-state index contributed by atoms with van der Waals surface area (Å²) in [6.45, 7) is 0. The summed E-state index contributed by atoms with van der Waals surface area (Å²) >= 11 is 0. The minimum absolute atomic E-state index is 0. The Bertz CT molecular complexity index is 99.2. The predicted molar refractivity (Wildman–Crippen MR) is 22.5 cm³/mol. The molecule has 0 spiro atoms. The van der Waals surface area contributed by atoms with Crippen molar-refractivity contribution in [3.05, 3.63) is 0 Å². The molecule has 7 heteroatoms. The second-order valence-electron chi connectivity index (χ2n) is 0.448. The Labute approximate surface area is 60.9 Å². The molecule has 0 heterocycles. The van der Waals surface area contributed by atoms with Crippen molar-refractivity contribution < 1.29 is 37.8 Å². The molecule has 0 aromatic carbocycles. The third-order valence-corrected chi connectivity index (χ3v) is 0. The van der Waals surface area contributed by atoms with Crippen LogP contribution >= 0.6 is 12.4 Å². The molecule has 42 valence electrons. The average Bonchev–Trinajstić information content (AvgIpc) is 0.722. The van der Waals surface area contributed by atoms with E-state index in [1.807, 2.05) is 0 Å². The Balaban J connectivity index is -0.0000000267. The third-order valence-electron chi connectivity index (χ3n) is 0. The molecule has 0 saturated carbocycles. The maximum absolute atomic E-state index is 8.74. The van der Waals surface area contributed by atoms with Gasteiger partial charge >= 0.3 is 29.3 Å². The Kier molecular flexibility index (Phi) is 11.0. The first-order chi connectivity index (χ1) is 2.00. The molecule has 0 amide bonds. The zero-order valence-corrected chi connectivity index (χ0v) is 5.16. The molecule has 0 aromatic rings. The Morgan fingerprint density at radius 3 is 1.29 bits per heavy atom. The van der Waals surface area contributed by atoms with Gasteiger partial charge in [-0.15, -0.1) is 12.4 Å². The van der Waals surface area contributed by atoms with E-state index in [0.717, 1.165) is 0 Å². The van der Waals surface area contributed by atoms with Crippen molar-refractivity contribution in [2.24, 2.45) is 0 Å². The normalized spacial score (nSPS) is 8.29. The fraction of sp³-hybridized carbons (Fsp3) is 0. The van der Waals surface area contributed by atoms with Crippen molar-refractivity contribution in [1.29, 1.82) is 0 Å². The number of halogens is 1. The van der Waals surface area contributed by atoms with Crippen LogP contribution in [0.15, 0.2) is 0 Å². The van der Waals surface area contributed by atoms with E-state index in [9.17, 15) is 0 Å². The zero-order chi connectivity index (χ0) is 4.50. The Hall–Kier alpha value is 0.757. The maximum atomic E-state index is 8.74. The molecular weight excluding hydrogens is 138 g/mol. The first kappa shape index (κ1) is 15.7. The monoisotopic (exact) mass is 142 g/mol. The van der Waals surface area contributed by atoms with Gasteiger partial charge in [0.2, 0.25) is 0 Å². The molecule has 0 aliphatic carbocycles. The van der Waals surface area contributed by atoms with E-state index in [0.29, 0.717) is 0 Å². The van der Waals surface area contributed by atoms with Gasteiger partial charge in [0.15, 0.2) is 0 Å². The van der Waals surface area contributed by atoms with Crippen LogP contribution in [0.25, 0.3) is 0 Å². The van der Waals surface area contributed by atoms with Crippen molar-refractivity contribution in [2.45, 2.75) is 0 Å².